The molecule has 0 saturated carbocycles. The zero-order chi connectivity index (χ0) is 22.8. The second-order valence-corrected chi connectivity index (χ2v) is 7.48. The molecule has 0 aliphatic rings. The van der Waals surface area contributed by atoms with E-state index in [2.05, 4.69) is 10.2 Å². The average molecular weight is 434 g/mol. The van der Waals surface area contributed by atoms with Crippen molar-refractivity contribution in [3.63, 3.8) is 0 Å². The maximum absolute atomic E-state index is 12.6. The van der Waals surface area contributed by atoms with Crippen LogP contribution in [-0.2, 0) is 23.2 Å². The fraction of sp³-hybridized carbons (Fsp3) is 0.261. The Bertz CT molecular complexity index is 1390. The summed E-state index contributed by atoms with van der Waals surface area (Å²) in [5, 5.41) is 8.73. The van der Waals surface area contributed by atoms with Gasteiger partial charge in [0.15, 0.2) is 18.2 Å². The Morgan fingerprint density at radius 1 is 1.06 bits per heavy atom. The number of carbonyl (C=O) groups is 2. The minimum absolute atomic E-state index is 0.0240. The molecule has 4 aromatic rings. The van der Waals surface area contributed by atoms with Crippen molar-refractivity contribution in [2.24, 2.45) is 7.05 Å². The molecule has 4 rings (SSSR count). The molecule has 164 valence electrons. The molecule has 0 fully saturated rings. The summed E-state index contributed by atoms with van der Waals surface area (Å²) in [6.07, 6.45) is 0.0453. The van der Waals surface area contributed by atoms with Crippen molar-refractivity contribution < 1.29 is 19.1 Å². The molecule has 2 heterocycles. The number of esters is 1. The standard InChI is InChI=1S/C23H22N4O5/c1-14-4-9-19-18(12-14)22(30)26(3)23-25-24-20(27(19)23)13-32-21(29)10-11-31-17-7-5-16(6-8-17)15(2)28/h4-9,12H,10-11,13H2,1-3H3. The molecule has 2 aromatic heterocycles. The Hall–Kier alpha value is -4.01. The fourth-order valence-electron chi connectivity index (χ4n) is 3.41. The first kappa shape index (κ1) is 21.2. The number of nitrogens with zero attached hydrogens (tertiary/aromatic N) is 4. The molecule has 0 aliphatic heterocycles. The Morgan fingerprint density at radius 2 is 1.81 bits per heavy atom. The van der Waals surface area contributed by atoms with E-state index >= 15 is 0 Å². The lowest BCUT2D eigenvalue weighted by Gasteiger charge is -2.09. The van der Waals surface area contributed by atoms with E-state index in [9.17, 15) is 14.4 Å². The minimum atomic E-state index is -0.452. The van der Waals surface area contributed by atoms with Gasteiger partial charge < -0.3 is 9.47 Å². The number of carbonyl (C=O) groups excluding carboxylic acids is 2. The summed E-state index contributed by atoms with van der Waals surface area (Å²) in [5.41, 5.74) is 2.05. The summed E-state index contributed by atoms with van der Waals surface area (Å²) < 4.78 is 14.0. The maximum atomic E-state index is 12.6. The van der Waals surface area contributed by atoms with Gasteiger partial charge in [0.25, 0.3) is 5.56 Å². The van der Waals surface area contributed by atoms with Crippen LogP contribution in [0.15, 0.2) is 47.3 Å². The normalized spacial score (nSPS) is 11.1. The lowest BCUT2D eigenvalue weighted by atomic mass is 10.1. The van der Waals surface area contributed by atoms with E-state index in [-0.39, 0.29) is 31.0 Å². The predicted molar refractivity (Wildman–Crippen MR) is 117 cm³/mol. The highest BCUT2D eigenvalue weighted by Crippen LogP contribution is 2.17. The fourth-order valence-corrected chi connectivity index (χ4v) is 3.41. The molecule has 9 heteroatoms. The molecular formula is C23H22N4O5. The van der Waals surface area contributed by atoms with E-state index in [0.717, 1.165) is 5.56 Å². The lowest BCUT2D eigenvalue weighted by Crippen LogP contribution is -2.20. The van der Waals surface area contributed by atoms with E-state index in [1.165, 1.54) is 11.5 Å². The number of Topliss-reactive ketones (excluding diaryl/α,β-unsaturated/α-hetero) is 1. The Morgan fingerprint density at radius 3 is 2.53 bits per heavy atom. The van der Waals surface area contributed by atoms with E-state index < -0.39 is 5.97 Å². The van der Waals surface area contributed by atoms with Gasteiger partial charge in [-0.25, -0.2) is 0 Å². The van der Waals surface area contributed by atoms with Gasteiger partial charge in [0, 0.05) is 12.6 Å². The Balaban J connectivity index is 1.43. The number of ketones is 1. The summed E-state index contributed by atoms with van der Waals surface area (Å²) in [5.74, 6) is 0.874. The number of hydrogen-bond donors (Lipinski definition) is 0. The largest absolute Gasteiger partial charge is 0.493 e. The van der Waals surface area contributed by atoms with Gasteiger partial charge in [-0.05, 0) is 50.2 Å². The van der Waals surface area contributed by atoms with Crippen LogP contribution in [0.25, 0.3) is 16.7 Å². The molecule has 0 bridgehead atoms. The molecule has 2 aromatic carbocycles. The van der Waals surface area contributed by atoms with Crippen molar-refractivity contribution in [2.45, 2.75) is 26.9 Å². The maximum Gasteiger partial charge on any atom is 0.309 e. The highest BCUT2D eigenvalue weighted by molar-refractivity contribution is 5.94. The molecule has 0 spiro atoms. The van der Waals surface area contributed by atoms with Crippen molar-refractivity contribution >= 4 is 28.4 Å². The zero-order valence-electron chi connectivity index (χ0n) is 18.0. The Labute approximate surface area is 183 Å². The Kier molecular flexibility index (Phi) is 5.72. The SMILES string of the molecule is CC(=O)c1ccc(OCCC(=O)OCc2nnc3n(C)c(=O)c4cc(C)ccc4n23)cc1. The number of benzene rings is 2. The van der Waals surface area contributed by atoms with Crippen LogP contribution in [0.2, 0.25) is 0 Å². The third kappa shape index (κ3) is 4.09. The van der Waals surface area contributed by atoms with Gasteiger partial charge in [-0.1, -0.05) is 11.6 Å². The van der Waals surface area contributed by atoms with Gasteiger partial charge in [0.1, 0.15) is 5.75 Å². The highest BCUT2D eigenvalue weighted by atomic mass is 16.5. The predicted octanol–water partition coefficient (Wildman–Crippen LogP) is 2.60. The molecule has 32 heavy (non-hydrogen) atoms. The molecular weight excluding hydrogens is 412 g/mol. The topological polar surface area (TPSA) is 105 Å². The molecule has 0 unspecified atom stereocenters. The molecule has 0 atom stereocenters. The van der Waals surface area contributed by atoms with E-state index in [1.807, 2.05) is 25.1 Å². The summed E-state index contributed by atoms with van der Waals surface area (Å²) in [6, 6.07) is 12.3. The summed E-state index contributed by atoms with van der Waals surface area (Å²) in [4.78, 5) is 36.1. The van der Waals surface area contributed by atoms with Crippen molar-refractivity contribution in [1.82, 2.24) is 19.2 Å². The third-order valence-corrected chi connectivity index (χ3v) is 5.14. The number of hydrogen-bond acceptors (Lipinski definition) is 7. The number of fused-ring (bicyclic) bond motifs is 3. The van der Waals surface area contributed by atoms with Crippen LogP contribution >= 0.6 is 0 Å². The molecule has 0 N–H and O–H groups in total. The first-order valence-electron chi connectivity index (χ1n) is 10.1. The quantitative estimate of drug-likeness (QED) is 0.325. The molecule has 0 amide bonds. The molecule has 0 radical (unpaired) electrons. The highest BCUT2D eigenvalue weighted by Gasteiger charge is 2.16. The van der Waals surface area contributed by atoms with Gasteiger partial charge >= 0.3 is 5.97 Å². The summed E-state index contributed by atoms with van der Waals surface area (Å²) in [7, 11) is 1.63. The van der Waals surface area contributed by atoms with Crippen molar-refractivity contribution in [2.75, 3.05) is 6.61 Å². The van der Waals surface area contributed by atoms with Crippen LogP contribution < -0.4 is 10.3 Å². The monoisotopic (exact) mass is 434 g/mol. The number of aromatic nitrogens is 4. The van der Waals surface area contributed by atoms with Crippen LogP contribution in [0.5, 0.6) is 5.75 Å². The van der Waals surface area contributed by atoms with E-state index in [1.54, 1.807) is 35.7 Å². The third-order valence-electron chi connectivity index (χ3n) is 5.14. The van der Waals surface area contributed by atoms with Gasteiger partial charge in [0.05, 0.1) is 23.9 Å². The molecule has 0 saturated heterocycles. The van der Waals surface area contributed by atoms with Crippen LogP contribution in [0, 0.1) is 6.92 Å². The number of rotatable bonds is 7. The summed E-state index contributed by atoms with van der Waals surface area (Å²) >= 11 is 0. The van der Waals surface area contributed by atoms with Crippen LogP contribution in [0.3, 0.4) is 0 Å². The minimum Gasteiger partial charge on any atom is -0.493 e. The van der Waals surface area contributed by atoms with Crippen molar-refractivity contribution in [3.8, 4) is 5.75 Å². The number of ether oxygens (including phenoxy) is 2. The second kappa shape index (κ2) is 8.62. The van der Waals surface area contributed by atoms with Crippen LogP contribution in [0.4, 0.5) is 0 Å². The zero-order valence-corrected chi connectivity index (χ0v) is 18.0. The van der Waals surface area contributed by atoms with Gasteiger partial charge in [-0.15, -0.1) is 10.2 Å². The molecule has 0 aliphatic carbocycles. The first-order valence-corrected chi connectivity index (χ1v) is 10.1. The van der Waals surface area contributed by atoms with Gasteiger partial charge in [-0.2, -0.15) is 0 Å². The van der Waals surface area contributed by atoms with Crippen LogP contribution in [-0.4, -0.2) is 37.5 Å². The van der Waals surface area contributed by atoms with Crippen molar-refractivity contribution in [3.05, 3.63) is 69.8 Å². The second-order valence-electron chi connectivity index (χ2n) is 7.48. The number of aryl methyl sites for hydroxylation is 2. The van der Waals surface area contributed by atoms with E-state index in [0.29, 0.717) is 33.8 Å². The average Bonchev–Trinajstić information content (AvgIpc) is 3.20. The van der Waals surface area contributed by atoms with E-state index in [4.69, 9.17) is 9.47 Å². The van der Waals surface area contributed by atoms with Gasteiger partial charge in [0.2, 0.25) is 5.78 Å². The lowest BCUT2D eigenvalue weighted by molar-refractivity contribution is -0.145. The molecule has 9 nitrogen and oxygen atoms in total. The van der Waals surface area contributed by atoms with Crippen molar-refractivity contribution in [1.29, 1.82) is 0 Å². The van der Waals surface area contributed by atoms with Gasteiger partial charge in [-0.3, -0.25) is 23.4 Å². The van der Waals surface area contributed by atoms with Crippen LogP contribution in [0.1, 0.15) is 35.1 Å². The summed E-state index contributed by atoms with van der Waals surface area (Å²) in [6.45, 7) is 3.45. The smallest absolute Gasteiger partial charge is 0.309 e. The first-order chi connectivity index (χ1) is 15.3.